The third-order valence-corrected chi connectivity index (χ3v) is 6.29. The Hall–Kier alpha value is -0.530. The van der Waals surface area contributed by atoms with Crippen molar-refractivity contribution < 1.29 is 9.53 Å². The quantitative estimate of drug-likeness (QED) is 0.652. The number of rotatable bonds is 6. The second kappa shape index (κ2) is 6.07. The first-order chi connectivity index (χ1) is 9.43. The van der Waals surface area contributed by atoms with Gasteiger partial charge < -0.3 is 4.74 Å². The molecule has 4 atom stereocenters. The monoisotopic (exact) mass is 280 g/mol. The van der Waals surface area contributed by atoms with E-state index in [1.807, 2.05) is 6.92 Å². The fourth-order valence-electron chi connectivity index (χ4n) is 4.45. The molecule has 2 aliphatic carbocycles. The molecule has 0 radical (unpaired) electrons. The lowest BCUT2D eigenvalue weighted by molar-refractivity contribution is -0.176. The van der Waals surface area contributed by atoms with E-state index in [1.54, 1.807) is 0 Å². The number of carbonyl (C=O) groups is 1. The lowest BCUT2D eigenvalue weighted by Crippen LogP contribution is -2.45. The van der Waals surface area contributed by atoms with E-state index in [4.69, 9.17) is 4.74 Å². The molecule has 0 aromatic carbocycles. The molecule has 0 aromatic rings. The van der Waals surface area contributed by atoms with Gasteiger partial charge in [0.05, 0.1) is 5.92 Å². The molecule has 0 N–H and O–H groups in total. The van der Waals surface area contributed by atoms with Crippen molar-refractivity contribution in [1.82, 2.24) is 0 Å². The lowest BCUT2D eigenvalue weighted by Gasteiger charge is -2.42. The van der Waals surface area contributed by atoms with Crippen LogP contribution in [0.25, 0.3) is 0 Å². The van der Waals surface area contributed by atoms with Crippen molar-refractivity contribution in [2.75, 3.05) is 0 Å². The normalized spacial score (nSPS) is 30.8. The van der Waals surface area contributed by atoms with E-state index in [-0.39, 0.29) is 17.5 Å². The van der Waals surface area contributed by atoms with E-state index in [9.17, 15) is 4.79 Å². The van der Waals surface area contributed by atoms with E-state index in [0.717, 1.165) is 24.7 Å². The summed E-state index contributed by atoms with van der Waals surface area (Å²) in [6, 6.07) is 0. The highest BCUT2D eigenvalue weighted by molar-refractivity contribution is 5.72. The number of hydrogen-bond acceptors (Lipinski definition) is 2. The fourth-order valence-corrected chi connectivity index (χ4v) is 4.45. The Morgan fingerprint density at radius 1 is 1.15 bits per heavy atom. The summed E-state index contributed by atoms with van der Waals surface area (Å²) in [7, 11) is 0. The molecule has 4 unspecified atom stereocenters. The number of ether oxygens (including phenoxy) is 1. The van der Waals surface area contributed by atoms with Crippen LogP contribution in [0.2, 0.25) is 0 Å². The lowest BCUT2D eigenvalue weighted by atomic mass is 9.73. The van der Waals surface area contributed by atoms with E-state index in [2.05, 4.69) is 27.7 Å². The Morgan fingerprint density at radius 3 is 2.20 bits per heavy atom. The predicted molar refractivity (Wildman–Crippen MR) is 82.3 cm³/mol. The van der Waals surface area contributed by atoms with Crippen LogP contribution in [0.1, 0.15) is 73.1 Å². The molecule has 0 amide bonds. The zero-order chi connectivity index (χ0) is 14.9. The Bertz CT molecular complexity index is 343. The van der Waals surface area contributed by atoms with Gasteiger partial charge in [-0.3, -0.25) is 4.79 Å². The Balaban J connectivity index is 2.11. The summed E-state index contributed by atoms with van der Waals surface area (Å²) >= 11 is 0. The molecule has 2 heteroatoms. The van der Waals surface area contributed by atoms with Crippen LogP contribution in [0.4, 0.5) is 0 Å². The van der Waals surface area contributed by atoms with E-state index in [0.29, 0.717) is 11.8 Å². The Kier molecular flexibility index (Phi) is 4.81. The third-order valence-electron chi connectivity index (χ3n) is 6.29. The molecule has 0 aromatic heterocycles. The second-order valence-electron chi connectivity index (χ2n) is 7.51. The van der Waals surface area contributed by atoms with Crippen molar-refractivity contribution in [1.29, 1.82) is 0 Å². The molecule has 20 heavy (non-hydrogen) atoms. The maximum atomic E-state index is 12.5. The average molecular weight is 280 g/mol. The van der Waals surface area contributed by atoms with Crippen LogP contribution in [0.3, 0.4) is 0 Å². The van der Waals surface area contributed by atoms with Gasteiger partial charge in [0.15, 0.2) is 0 Å². The number of fused-ring (bicyclic) bond motifs is 2. The number of carbonyl (C=O) groups excluding carboxylic acids is 1. The first kappa shape index (κ1) is 15.9. The summed E-state index contributed by atoms with van der Waals surface area (Å²) in [6.45, 7) is 10.6. The minimum absolute atomic E-state index is 0.00562. The topological polar surface area (TPSA) is 26.3 Å². The maximum Gasteiger partial charge on any atom is 0.309 e. The summed E-state index contributed by atoms with van der Waals surface area (Å²) in [6.07, 6.45) is 7.36. The maximum absolute atomic E-state index is 12.5. The highest BCUT2D eigenvalue weighted by Crippen LogP contribution is 2.54. The van der Waals surface area contributed by atoms with Gasteiger partial charge >= 0.3 is 5.97 Å². The van der Waals surface area contributed by atoms with Crippen LogP contribution in [0.15, 0.2) is 0 Å². The van der Waals surface area contributed by atoms with Gasteiger partial charge in [-0.2, -0.15) is 0 Å². The van der Waals surface area contributed by atoms with Crippen LogP contribution >= 0.6 is 0 Å². The standard InChI is InChI=1S/C18H32O2/c1-6-18(7-2,20-17(19)13(5)12(3)4)16-11-14-8-9-15(16)10-14/h12-16H,6-11H2,1-5H3. The number of esters is 1. The Morgan fingerprint density at radius 2 is 1.80 bits per heavy atom. The van der Waals surface area contributed by atoms with Crippen molar-refractivity contribution in [3.63, 3.8) is 0 Å². The van der Waals surface area contributed by atoms with Crippen molar-refractivity contribution in [3.05, 3.63) is 0 Å². The summed E-state index contributed by atoms with van der Waals surface area (Å²) in [4.78, 5) is 12.5. The molecule has 2 bridgehead atoms. The average Bonchev–Trinajstić information content (AvgIpc) is 3.06. The summed E-state index contributed by atoms with van der Waals surface area (Å²) < 4.78 is 6.16. The number of hydrogen-bond donors (Lipinski definition) is 0. The molecule has 2 fully saturated rings. The smallest absolute Gasteiger partial charge is 0.309 e. The highest BCUT2D eigenvalue weighted by atomic mass is 16.6. The Labute approximate surface area is 124 Å². The van der Waals surface area contributed by atoms with Gasteiger partial charge in [-0.25, -0.2) is 0 Å². The molecule has 2 aliphatic rings. The molecule has 2 rings (SSSR count). The van der Waals surface area contributed by atoms with Crippen LogP contribution < -0.4 is 0 Å². The molecular weight excluding hydrogens is 248 g/mol. The van der Waals surface area contributed by atoms with E-state index >= 15 is 0 Å². The fraction of sp³-hybridized carbons (Fsp3) is 0.944. The second-order valence-corrected chi connectivity index (χ2v) is 7.51. The van der Waals surface area contributed by atoms with Gasteiger partial charge in [0.25, 0.3) is 0 Å². The van der Waals surface area contributed by atoms with Crippen LogP contribution in [0, 0.1) is 29.6 Å². The van der Waals surface area contributed by atoms with Crippen LogP contribution in [0.5, 0.6) is 0 Å². The molecule has 116 valence electrons. The van der Waals surface area contributed by atoms with Crippen molar-refractivity contribution in [2.45, 2.75) is 78.7 Å². The highest BCUT2D eigenvalue weighted by Gasteiger charge is 2.51. The van der Waals surface area contributed by atoms with E-state index in [1.165, 1.54) is 25.7 Å². The molecule has 0 heterocycles. The minimum atomic E-state index is -0.194. The predicted octanol–water partition coefficient (Wildman–Crippen LogP) is 4.82. The molecule has 2 saturated carbocycles. The molecular formula is C18H32O2. The summed E-state index contributed by atoms with van der Waals surface area (Å²) in [5.41, 5.74) is -0.194. The van der Waals surface area contributed by atoms with Gasteiger partial charge in [0.1, 0.15) is 5.60 Å². The zero-order valence-electron chi connectivity index (χ0n) is 13.9. The molecule has 0 saturated heterocycles. The van der Waals surface area contributed by atoms with Gasteiger partial charge in [-0.1, -0.05) is 41.0 Å². The van der Waals surface area contributed by atoms with Gasteiger partial charge in [0, 0.05) is 5.92 Å². The molecule has 2 nitrogen and oxygen atoms in total. The van der Waals surface area contributed by atoms with Crippen molar-refractivity contribution in [2.24, 2.45) is 29.6 Å². The van der Waals surface area contributed by atoms with Crippen LogP contribution in [-0.4, -0.2) is 11.6 Å². The molecule has 0 aliphatic heterocycles. The van der Waals surface area contributed by atoms with E-state index < -0.39 is 0 Å². The van der Waals surface area contributed by atoms with Gasteiger partial charge in [-0.05, 0) is 49.9 Å². The van der Waals surface area contributed by atoms with Gasteiger partial charge in [-0.15, -0.1) is 0 Å². The molecule has 0 spiro atoms. The summed E-state index contributed by atoms with van der Waals surface area (Å²) in [5, 5.41) is 0. The van der Waals surface area contributed by atoms with Crippen molar-refractivity contribution in [3.8, 4) is 0 Å². The van der Waals surface area contributed by atoms with Crippen molar-refractivity contribution >= 4 is 5.97 Å². The zero-order valence-corrected chi connectivity index (χ0v) is 13.9. The first-order valence-corrected chi connectivity index (χ1v) is 8.66. The SMILES string of the molecule is CCC(CC)(OC(=O)C(C)C(C)C)C1CC2CCC1C2. The minimum Gasteiger partial charge on any atom is -0.459 e. The van der Waals surface area contributed by atoms with Gasteiger partial charge in [0.2, 0.25) is 0 Å². The summed E-state index contributed by atoms with van der Waals surface area (Å²) in [5.74, 6) is 2.71. The first-order valence-electron chi connectivity index (χ1n) is 8.66. The third kappa shape index (κ3) is 2.76. The largest absolute Gasteiger partial charge is 0.459 e. The van der Waals surface area contributed by atoms with Crippen LogP contribution in [-0.2, 0) is 9.53 Å².